The van der Waals surface area contributed by atoms with Crippen LogP contribution in [0.1, 0.15) is 10.4 Å². The fourth-order valence-corrected chi connectivity index (χ4v) is 1.81. The molecule has 1 amide bonds. The second kappa shape index (κ2) is 6.21. The van der Waals surface area contributed by atoms with Gasteiger partial charge >= 0.3 is 0 Å². The number of nitrogens with one attached hydrogen (secondary N) is 1. The number of methoxy groups -OCH3 is 2. The van der Waals surface area contributed by atoms with E-state index in [1.165, 1.54) is 26.4 Å². The first-order chi connectivity index (χ1) is 10.5. The van der Waals surface area contributed by atoms with Crippen molar-refractivity contribution in [3.05, 3.63) is 41.7 Å². The maximum atomic E-state index is 13.9. The summed E-state index contributed by atoms with van der Waals surface area (Å²) in [7, 11) is 2.76. The lowest BCUT2D eigenvalue weighted by Crippen LogP contribution is -2.13. The lowest BCUT2D eigenvalue weighted by molar-refractivity contribution is 0.102. The van der Waals surface area contributed by atoms with Crippen LogP contribution in [0.2, 0.25) is 0 Å². The van der Waals surface area contributed by atoms with Gasteiger partial charge in [-0.15, -0.1) is 0 Å². The number of ether oxygens (including phenoxy) is 2. The van der Waals surface area contributed by atoms with Gasteiger partial charge in [0.05, 0.1) is 19.9 Å². The Bertz CT molecular complexity index is 717. The van der Waals surface area contributed by atoms with Crippen molar-refractivity contribution in [1.29, 1.82) is 0 Å². The molecular weight excluding hydrogens is 293 g/mol. The fourth-order valence-electron chi connectivity index (χ4n) is 1.81. The van der Waals surface area contributed by atoms with Crippen LogP contribution in [-0.2, 0) is 0 Å². The molecule has 22 heavy (non-hydrogen) atoms. The lowest BCUT2D eigenvalue weighted by Gasteiger charge is -2.12. The van der Waals surface area contributed by atoms with E-state index in [9.17, 15) is 19.4 Å². The average Bonchev–Trinajstić information content (AvgIpc) is 2.51. The van der Waals surface area contributed by atoms with Crippen molar-refractivity contribution in [2.24, 2.45) is 0 Å². The summed E-state index contributed by atoms with van der Waals surface area (Å²) < 4.78 is 23.9. The smallest absolute Gasteiger partial charge is 0.255 e. The fraction of sp³-hybridized carbons (Fsp3) is 0.133. The molecule has 7 heteroatoms. The number of benzene rings is 2. The summed E-state index contributed by atoms with van der Waals surface area (Å²) >= 11 is 0. The molecule has 0 bridgehead atoms. The zero-order valence-corrected chi connectivity index (χ0v) is 11.9. The SMILES string of the molecule is COc1cc(F)c(NC(=O)c2ccc(O)c(O)c2)cc1OC. The van der Waals surface area contributed by atoms with Crippen LogP contribution in [0.3, 0.4) is 0 Å². The number of carbonyl (C=O) groups is 1. The molecule has 2 aromatic rings. The highest BCUT2D eigenvalue weighted by Gasteiger charge is 2.15. The van der Waals surface area contributed by atoms with Gasteiger partial charge in [0, 0.05) is 17.7 Å². The second-order valence-electron chi connectivity index (χ2n) is 4.34. The number of hydrogen-bond acceptors (Lipinski definition) is 5. The predicted molar refractivity (Wildman–Crippen MR) is 77.2 cm³/mol. The second-order valence-corrected chi connectivity index (χ2v) is 4.34. The van der Waals surface area contributed by atoms with E-state index in [2.05, 4.69) is 5.32 Å². The number of carbonyl (C=O) groups excluding carboxylic acids is 1. The van der Waals surface area contributed by atoms with Gasteiger partial charge in [-0.3, -0.25) is 4.79 Å². The highest BCUT2D eigenvalue weighted by atomic mass is 19.1. The molecule has 0 aliphatic heterocycles. The van der Waals surface area contributed by atoms with Gasteiger partial charge in [0.25, 0.3) is 5.91 Å². The van der Waals surface area contributed by atoms with E-state index in [4.69, 9.17) is 9.47 Å². The summed E-state index contributed by atoms with van der Waals surface area (Å²) in [4.78, 5) is 12.0. The Hall–Kier alpha value is -2.96. The van der Waals surface area contributed by atoms with Crippen LogP contribution < -0.4 is 14.8 Å². The third kappa shape index (κ3) is 3.03. The third-order valence-corrected chi connectivity index (χ3v) is 2.96. The third-order valence-electron chi connectivity index (χ3n) is 2.96. The molecule has 0 heterocycles. The summed E-state index contributed by atoms with van der Waals surface area (Å²) in [5.41, 5.74) is -0.0419. The van der Waals surface area contributed by atoms with Crippen molar-refractivity contribution in [2.75, 3.05) is 19.5 Å². The number of rotatable bonds is 4. The Kier molecular flexibility index (Phi) is 4.36. The summed E-state index contributed by atoms with van der Waals surface area (Å²) in [5, 5.41) is 20.9. The maximum absolute atomic E-state index is 13.9. The molecule has 0 radical (unpaired) electrons. The molecule has 0 fully saturated rings. The normalized spacial score (nSPS) is 10.1. The van der Waals surface area contributed by atoms with Gasteiger partial charge in [-0.25, -0.2) is 4.39 Å². The number of aromatic hydroxyl groups is 2. The standard InChI is InChI=1S/C15H14FNO5/c1-21-13-6-9(16)10(7-14(13)22-2)17-15(20)8-3-4-11(18)12(19)5-8/h3-7,18-19H,1-2H3,(H,17,20). The quantitative estimate of drug-likeness (QED) is 0.755. The van der Waals surface area contributed by atoms with Crippen LogP contribution in [0.4, 0.5) is 10.1 Å². The van der Waals surface area contributed by atoms with Gasteiger partial charge in [-0.1, -0.05) is 0 Å². The molecule has 0 aromatic heterocycles. The van der Waals surface area contributed by atoms with Gasteiger partial charge in [-0.05, 0) is 18.2 Å². The molecule has 0 saturated carbocycles. The molecule has 0 spiro atoms. The van der Waals surface area contributed by atoms with E-state index in [0.717, 1.165) is 18.2 Å². The number of halogens is 1. The van der Waals surface area contributed by atoms with Crippen LogP contribution in [0.15, 0.2) is 30.3 Å². The Morgan fingerprint density at radius 1 is 1.05 bits per heavy atom. The van der Waals surface area contributed by atoms with Gasteiger partial charge < -0.3 is 25.0 Å². The van der Waals surface area contributed by atoms with E-state index in [1.807, 2.05) is 0 Å². The van der Waals surface area contributed by atoms with Gasteiger partial charge in [0.1, 0.15) is 0 Å². The van der Waals surface area contributed by atoms with Crippen LogP contribution in [0, 0.1) is 5.82 Å². The summed E-state index contributed by atoms with van der Waals surface area (Å²) in [5.74, 6) is -1.70. The number of phenols is 2. The van der Waals surface area contributed by atoms with Crippen molar-refractivity contribution in [3.63, 3.8) is 0 Å². The van der Waals surface area contributed by atoms with Crippen molar-refractivity contribution in [3.8, 4) is 23.0 Å². The van der Waals surface area contributed by atoms with Crippen molar-refractivity contribution >= 4 is 11.6 Å². The Balaban J connectivity index is 2.29. The molecule has 6 nitrogen and oxygen atoms in total. The summed E-state index contributed by atoms with van der Waals surface area (Å²) in [6, 6.07) is 5.90. The number of amides is 1. The average molecular weight is 307 g/mol. The van der Waals surface area contributed by atoms with Crippen LogP contribution in [0.5, 0.6) is 23.0 Å². The monoisotopic (exact) mass is 307 g/mol. The minimum atomic E-state index is -0.700. The number of anilines is 1. The Morgan fingerprint density at radius 3 is 2.27 bits per heavy atom. The van der Waals surface area contributed by atoms with E-state index in [0.29, 0.717) is 0 Å². The zero-order valence-electron chi connectivity index (χ0n) is 11.9. The van der Waals surface area contributed by atoms with E-state index < -0.39 is 17.5 Å². The van der Waals surface area contributed by atoms with Gasteiger partial charge in [0.2, 0.25) is 0 Å². The van der Waals surface area contributed by atoms with Crippen LogP contribution in [0.25, 0.3) is 0 Å². The first-order valence-electron chi connectivity index (χ1n) is 6.21. The molecule has 2 rings (SSSR count). The molecule has 3 N–H and O–H groups in total. The Labute approximate surface area is 125 Å². The molecular formula is C15H14FNO5. The molecule has 0 saturated heterocycles. The Morgan fingerprint density at radius 2 is 1.68 bits per heavy atom. The van der Waals surface area contributed by atoms with Crippen molar-refractivity contribution < 1.29 is 28.9 Å². The first-order valence-corrected chi connectivity index (χ1v) is 6.21. The summed E-state index contributed by atoms with van der Waals surface area (Å²) in [6.45, 7) is 0. The topological polar surface area (TPSA) is 88.0 Å². The predicted octanol–water partition coefficient (Wildman–Crippen LogP) is 2.51. The number of phenolic OH excluding ortho intramolecular Hbond substituents is 2. The van der Waals surface area contributed by atoms with Gasteiger partial charge in [0.15, 0.2) is 28.8 Å². The van der Waals surface area contributed by atoms with Crippen LogP contribution >= 0.6 is 0 Å². The molecule has 2 aromatic carbocycles. The lowest BCUT2D eigenvalue weighted by atomic mass is 10.1. The van der Waals surface area contributed by atoms with Gasteiger partial charge in [-0.2, -0.15) is 0 Å². The van der Waals surface area contributed by atoms with Crippen molar-refractivity contribution in [1.82, 2.24) is 0 Å². The minimum absolute atomic E-state index is 0.0597. The largest absolute Gasteiger partial charge is 0.504 e. The highest BCUT2D eigenvalue weighted by molar-refractivity contribution is 6.04. The minimum Gasteiger partial charge on any atom is -0.504 e. The molecule has 0 unspecified atom stereocenters. The van der Waals surface area contributed by atoms with Crippen LogP contribution in [-0.4, -0.2) is 30.3 Å². The molecule has 0 aliphatic carbocycles. The number of hydrogen-bond donors (Lipinski definition) is 3. The first kappa shape index (κ1) is 15.4. The van der Waals surface area contributed by atoms with E-state index in [1.54, 1.807) is 0 Å². The molecule has 0 aliphatic rings. The molecule has 0 atom stereocenters. The van der Waals surface area contributed by atoms with Crippen molar-refractivity contribution in [2.45, 2.75) is 0 Å². The van der Waals surface area contributed by atoms with E-state index in [-0.39, 0.29) is 28.5 Å². The highest BCUT2D eigenvalue weighted by Crippen LogP contribution is 2.33. The molecule has 116 valence electrons. The maximum Gasteiger partial charge on any atom is 0.255 e. The summed E-state index contributed by atoms with van der Waals surface area (Å²) in [6.07, 6.45) is 0. The van der Waals surface area contributed by atoms with E-state index >= 15 is 0 Å². The zero-order chi connectivity index (χ0) is 16.3.